The van der Waals surface area contributed by atoms with E-state index in [-0.39, 0.29) is 6.04 Å². The van der Waals surface area contributed by atoms with Crippen molar-refractivity contribution in [3.8, 4) is 0 Å². The standard InChI is InChI=1S/C14H29NO2/c1-5-7-8-12(6-2)10-15-13(14(16)17)9-11(3)4/h11-13,15H,5-10H2,1-4H3,(H,16,17). The van der Waals surface area contributed by atoms with Crippen LogP contribution in [-0.2, 0) is 4.79 Å². The van der Waals surface area contributed by atoms with E-state index in [1.165, 1.54) is 19.3 Å². The summed E-state index contributed by atoms with van der Waals surface area (Å²) in [5.41, 5.74) is 0. The fraction of sp³-hybridized carbons (Fsp3) is 0.929. The molecule has 3 heteroatoms. The number of carbonyl (C=O) groups is 1. The summed E-state index contributed by atoms with van der Waals surface area (Å²) in [5, 5.41) is 12.3. The number of carboxylic acid groups (broad SMARTS) is 1. The molecule has 0 radical (unpaired) electrons. The summed E-state index contributed by atoms with van der Waals surface area (Å²) in [6, 6.07) is -0.384. The minimum absolute atomic E-state index is 0.384. The fourth-order valence-corrected chi connectivity index (χ4v) is 2.00. The molecule has 0 amide bonds. The van der Waals surface area contributed by atoms with Gasteiger partial charge in [-0.1, -0.05) is 47.0 Å². The molecule has 0 rings (SSSR count). The predicted octanol–water partition coefficient (Wildman–Crippen LogP) is 3.29. The molecule has 0 spiro atoms. The van der Waals surface area contributed by atoms with E-state index >= 15 is 0 Å². The highest BCUT2D eigenvalue weighted by atomic mass is 16.4. The Morgan fingerprint density at radius 1 is 1.29 bits per heavy atom. The van der Waals surface area contributed by atoms with Crippen LogP contribution in [0.15, 0.2) is 0 Å². The van der Waals surface area contributed by atoms with Crippen molar-refractivity contribution in [2.24, 2.45) is 11.8 Å². The Balaban J connectivity index is 4.03. The van der Waals surface area contributed by atoms with Gasteiger partial charge in [-0.25, -0.2) is 0 Å². The molecule has 0 heterocycles. The average Bonchev–Trinajstić information content (AvgIpc) is 2.26. The maximum absolute atomic E-state index is 11.1. The minimum atomic E-state index is -0.718. The summed E-state index contributed by atoms with van der Waals surface area (Å²) < 4.78 is 0. The first-order valence-corrected chi connectivity index (χ1v) is 6.97. The molecule has 0 bridgehead atoms. The molecule has 2 N–H and O–H groups in total. The zero-order valence-corrected chi connectivity index (χ0v) is 11.8. The molecule has 0 aromatic rings. The van der Waals surface area contributed by atoms with Crippen LogP contribution in [0.2, 0.25) is 0 Å². The topological polar surface area (TPSA) is 49.3 Å². The number of aliphatic carboxylic acids is 1. The van der Waals surface area contributed by atoms with Gasteiger partial charge in [0.1, 0.15) is 6.04 Å². The summed E-state index contributed by atoms with van der Waals surface area (Å²) >= 11 is 0. The van der Waals surface area contributed by atoms with Gasteiger partial charge in [0.2, 0.25) is 0 Å². The van der Waals surface area contributed by atoms with Crippen LogP contribution in [0.1, 0.15) is 59.8 Å². The Kier molecular flexibility index (Phi) is 9.14. The average molecular weight is 243 g/mol. The summed E-state index contributed by atoms with van der Waals surface area (Å²) in [4.78, 5) is 11.1. The van der Waals surface area contributed by atoms with Gasteiger partial charge in [0.25, 0.3) is 0 Å². The van der Waals surface area contributed by atoms with Gasteiger partial charge in [-0.2, -0.15) is 0 Å². The number of unbranched alkanes of at least 4 members (excludes halogenated alkanes) is 1. The van der Waals surface area contributed by atoms with Crippen LogP contribution in [0.5, 0.6) is 0 Å². The number of hydrogen-bond donors (Lipinski definition) is 2. The van der Waals surface area contributed by atoms with Gasteiger partial charge in [0.15, 0.2) is 0 Å². The van der Waals surface area contributed by atoms with Gasteiger partial charge in [-0.3, -0.25) is 4.79 Å². The molecule has 102 valence electrons. The molecule has 0 fully saturated rings. The van der Waals surface area contributed by atoms with E-state index in [4.69, 9.17) is 5.11 Å². The Morgan fingerprint density at radius 3 is 2.35 bits per heavy atom. The lowest BCUT2D eigenvalue weighted by molar-refractivity contribution is -0.140. The van der Waals surface area contributed by atoms with Crippen molar-refractivity contribution in [3.63, 3.8) is 0 Å². The minimum Gasteiger partial charge on any atom is -0.480 e. The highest BCUT2D eigenvalue weighted by Crippen LogP contribution is 2.12. The van der Waals surface area contributed by atoms with E-state index in [9.17, 15) is 4.79 Å². The van der Waals surface area contributed by atoms with E-state index in [0.717, 1.165) is 13.0 Å². The molecule has 0 aliphatic carbocycles. The molecule has 0 aliphatic rings. The third-order valence-corrected chi connectivity index (χ3v) is 3.20. The van der Waals surface area contributed by atoms with Gasteiger partial charge in [0.05, 0.1) is 0 Å². The highest BCUT2D eigenvalue weighted by molar-refractivity contribution is 5.73. The lowest BCUT2D eigenvalue weighted by atomic mass is 9.98. The normalized spacial score (nSPS) is 14.9. The molecular formula is C14H29NO2. The maximum Gasteiger partial charge on any atom is 0.320 e. The summed E-state index contributed by atoms with van der Waals surface area (Å²) in [5.74, 6) is 0.312. The molecule has 0 saturated heterocycles. The van der Waals surface area contributed by atoms with Crippen molar-refractivity contribution in [1.29, 1.82) is 0 Å². The Bertz CT molecular complexity index is 204. The van der Waals surface area contributed by atoms with E-state index in [2.05, 4.69) is 33.0 Å². The van der Waals surface area contributed by atoms with Crippen LogP contribution >= 0.6 is 0 Å². The zero-order chi connectivity index (χ0) is 13.3. The first-order chi connectivity index (χ1) is 8.01. The van der Waals surface area contributed by atoms with Crippen molar-refractivity contribution >= 4 is 5.97 Å². The molecule has 3 nitrogen and oxygen atoms in total. The largest absolute Gasteiger partial charge is 0.480 e. The Labute approximate surface area is 106 Å². The lowest BCUT2D eigenvalue weighted by Crippen LogP contribution is -2.40. The third kappa shape index (κ3) is 8.19. The monoisotopic (exact) mass is 243 g/mol. The van der Waals surface area contributed by atoms with Crippen LogP contribution in [0, 0.1) is 11.8 Å². The Morgan fingerprint density at radius 2 is 1.94 bits per heavy atom. The smallest absolute Gasteiger partial charge is 0.320 e. The molecule has 2 atom stereocenters. The number of hydrogen-bond acceptors (Lipinski definition) is 2. The van der Waals surface area contributed by atoms with Crippen LogP contribution in [0.4, 0.5) is 0 Å². The number of carboxylic acids is 1. The second-order valence-corrected chi connectivity index (χ2v) is 5.35. The first kappa shape index (κ1) is 16.4. The highest BCUT2D eigenvalue weighted by Gasteiger charge is 2.19. The van der Waals surface area contributed by atoms with Gasteiger partial charge in [-0.15, -0.1) is 0 Å². The van der Waals surface area contributed by atoms with Crippen LogP contribution in [-0.4, -0.2) is 23.7 Å². The maximum atomic E-state index is 11.1. The first-order valence-electron chi connectivity index (χ1n) is 6.97. The van der Waals surface area contributed by atoms with Crippen LogP contribution in [0.3, 0.4) is 0 Å². The second kappa shape index (κ2) is 9.46. The van der Waals surface area contributed by atoms with E-state index in [1.807, 2.05) is 0 Å². The molecule has 17 heavy (non-hydrogen) atoms. The summed E-state index contributed by atoms with van der Waals surface area (Å²) in [7, 11) is 0. The van der Waals surface area contributed by atoms with E-state index in [0.29, 0.717) is 18.3 Å². The number of rotatable bonds is 10. The fourth-order valence-electron chi connectivity index (χ4n) is 2.00. The van der Waals surface area contributed by atoms with Gasteiger partial charge in [-0.05, 0) is 31.2 Å². The van der Waals surface area contributed by atoms with Crippen molar-refractivity contribution < 1.29 is 9.90 Å². The summed E-state index contributed by atoms with van der Waals surface area (Å²) in [6.45, 7) is 9.33. The predicted molar refractivity (Wildman–Crippen MR) is 72.2 cm³/mol. The Hall–Kier alpha value is -0.570. The van der Waals surface area contributed by atoms with E-state index < -0.39 is 5.97 Å². The van der Waals surface area contributed by atoms with Gasteiger partial charge >= 0.3 is 5.97 Å². The second-order valence-electron chi connectivity index (χ2n) is 5.35. The molecule has 2 unspecified atom stereocenters. The third-order valence-electron chi connectivity index (χ3n) is 3.20. The molecule has 0 aromatic heterocycles. The summed E-state index contributed by atoms with van der Waals surface area (Å²) in [6.07, 6.45) is 5.49. The lowest BCUT2D eigenvalue weighted by Gasteiger charge is -2.20. The number of nitrogens with one attached hydrogen (secondary N) is 1. The van der Waals surface area contributed by atoms with E-state index in [1.54, 1.807) is 0 Å². The van der Waals surface area contributed by atoms with Gasteiger partial charge < -0.3 is 10.4 Å². The van der Waals surface area contributed by atoms with Crippen molar-refractivity contribution in [3.05, 3.63) is 0 Å². The molecule has 0 aliphatic heterocycles. The van der Waals surface area contributed by atoms with Gasteiger partial charge in [0, 0.05) is 0 Å². The van der Waals surface area contributed by atoms with Crippen LogP contribution < -0.4 is 5.32 Å². The van der Waals surface area contributed by atoms with Crippen molar-refractivity contribution in [2.45, 2.75) is 65.8 Å². The quantitative estimate of drug-likeness (QED) is 0.619. The molecular weight excluding hydrogens is 214 g/mol. The molecule has 0 saturated carbocycles. The molecule has 0 aromatic carbocycles. The zero-order valence-electron chi connectivity index (χ0n) is 11.8. The van der Waals surface area contributed by atoms with Crippen molar-refractivity contribution in [1.82, 2.24) is 5.32 Å². The van der Waals surface area contributed by atoms with Crippen LogP contribution in [0.25, 0.3) is 0 Å². The SMILES string of the molecule is CCCCC(CC)CNC(CC(C)C)C(=O)O. The van der Waals surface area contributed by atoms with Crippen molar-refractivity contribution in [2.75, 3.05) is 6.54 Å².